The van der Waals surface area contributed by atoms with Crippen LogP contribution in [0.3, 0.4) is 0 Å². The molecule has 0 aromatic heterocycles. The van der Waals surface area contributed by atoms with Crippen LogP contribution in [0.25, 0.3) is 0 Å². The van der Waals surface area contributed by atoms with Gasteiger partial charge in [-0.25, -0.2) is 0 Å². The number of rotatable bonds is 6. The van der Waals surface area contributed by atoms with Gasteiger partial charge in [-0.1, -0.05) is 0 Å². The lowest BCUT2D eigenvalue weighted by Gasteiger charge is -2.14. The van der Waals surface area contributed by atoms with Crippen molar-refractivity contribution < 1.29 is 19.7 Å². The van der Waals surface area contributed by atoms with Crippen LogP contribution in [-0.4, -0.2) is 35.9 Å². The van der Waals surface area contributed by atoms with Gasteiger partial charge >= 0.3 is 5.97 Å². The van der Waals surface area contributed by atoms with Gasteiger partial charge in [0.2, 0.25) is 0 Å². The number of halogens is 2. The molecule has 3 N–H and O–H groups in total. The van der Waals surface area contributed by atoms with Crippen LogP contribution < -0.4 is 10.1 Å². The highest BCUT2D eigenvalue weighted by molar-refractivity contribution is 9.11. The molecular weight excluding hydrogens is 370 g/mol. The van der Waals surface area contributed by atoms with Gasteiger partial charge < -0.3 is 20.3 Å². The first-order chi connectivity index (χ1) is 8.43. The Morgan fingerprint density at radius 3 is 2.67 bits per heavy atom. The lowest BCUT2D eigenvalue weighted by molar-refractivity contribution is -0.138. The van der Waals surface area contributed by atoms with E-state index in [-0.39, 0.29) is 13.0 Å². The molecule has 1 aromatic carbocycles. The molecule has 0 heterocycles. The predicted octanol–water partition coefficient (Wildman–Crippen LogP) is 2.47. The Kier molecular flexibility index (Phi) is 5.90. The Morgan fingerprint density at radius 1 is 1.44 bits per heavy atom. The molecule has 0 saturated heterocycles. The molecule has 7 heteroatoms. The normalized spacial score (nSPS) is 12.0. The van der Waals surface area contributed by atoms with E-state index in [1.807, 2.05) is 6.07 Å². The minimum atomic E-state index is -1.03. The Labute approximate surface area is 121 Å². The highest BCUT2D eigenvalue weighted by atomic mass is 79.9. The molecule has 1 atom stereocenters. The first-order valence-corrected chi connectivity index (χ1v) is 6.69. The van der Waals surface area contributed by atoms with Gasteiger partial charge in [-0.2, -0.15) is 0 Å². The van der Waals surface area contributed by atoms with E-state index >= 15 is 0 Å². The van der Waals surface area contributed by atoms with Gasteiger partial charge in [-0.05, 0) is 37.9 Å². The van der Waals surface area contributed by atoms with E-state index in [1.165, 1.54) is 0 Å². The van der Waals surface area contributed by atoms with Crippen LogP contribution in [0.15, 0.2) is 21.1 Å². The number of anilines is 1. The van der Waals surface area contributed by atoms with Crippen molar-refractivity contribution in [3.63, 3.8) is 0 Å². The zero-order valence-electron chi connectivity index (χ0n) is 9.61. The van der Waals surface area contributed by atoms with Gasteiger partial charge in [0.1, 0.15) is 5.75 Å². The van der Waals surface area contributed by atoms with E-state index in [9.17, 15) is 9.90 Å². The summed E-state index contributed by atoms with van der Waals surface area (Å²) in [5, 5.41) is 20.9. The van der Waals surface area contributed by atoms with E-state index < -0.39 is 12.1 Å². The molecule has 100 valence electrons. The number of aliphatic carboxylic acids is 1. The second kappa shape index (κ2) is 6.96. The van der Waals surface area contributed by atoms with Crippen LogP contribution >= 0.6 is 31.9 Å². The number of aliphatic hydroxyl groups is 1. The van der Waals surface area contributed by atoms with Gasteiger partial charge in [0, 0.05) is 17.1 Å². The summed E-state index contributed by atoms with van der Waals surface area (Å²) in [6.07, 6.45) is -1.23. The van der Waals surface area contributed by atoms with E-state index in [0.29, 0.717) is 5.75 Å². The van der Waals surface area contributed by atoms with Crippen molar-refractivity contribution in [2.24, 2.45) is 0 Å². The summed E-state index contributed by atoms with van der Waals surface area (Å²) in [6.45, 7) is 0.148. The number of methoxy groups -OCH3 is 1. The molecule has 1 rings (SSSR count). The highest BCUT2D eigenvalue weighted by Crippen LogP contribution is 2.34. The number of benzene rings is 1. The summed E-state index contributed by atoms with van der Waals surface area (Å²) < 4.78 is 6.74. The number of hydrogen-bond donors (Lipinski definition) is 3. The third-order valence-electron chi connectivity index (χ3n) is 2.18. The van der Waals surface area contributed by atoms with Gasteiger partial charge in [0.05, 0.1) is 29.8 Å². The van der Waals surface area contributed by atoms with E-state index in [4.69, 9.17) is 9.84 Å². The molecule has 5 nitrogen and oxygen atoms in total. The summed E-state index contributed by atoms with van der Waals surface area (Å²) in [6, 6.07) is 3.56. The standard InChI is InChI=1S/C11H13Br2NO4/c1-18-10-4-9(7(12)3-8(10)13)14-5-6(15)2-11(16)17/h3-4,6,14-15H,2,5H2,1H3,(H,16,17). The molecule has 0 amide bonds. The molecular formula is C11H13Br2NO4. The number of carboxylic acids is 1. The summed E-state index contributed by atoms with van der Waals surface area (Å²) in [7, 11) is 1.55. The van der Waals surface area contributed by atoms with Crippen LogP contribution in [0, 0.1) is 0 Å². The van der Waals surface area contributed by atoms with Crippen molar-refractivity contribution >= 4 is 43.5 Å². The van der Waals surface area contributed by atoms with Crippen molar-refractivity contribution in [2.75, 3.05) is 19.0 Å². The van der Waals surface area contributed by atoms with Crippen LogP contribution in [0.5, 0.6) is 5.75 Å². The fraction of sp³-hybridized carbons (Fsp3) is 0.364. The molecule has 0 fully saturated rings. The summed E-state index contributed by atoms with van der Waals surface area (Å²) in [4.78, 5) is 10.4. The topological polar surface area (TPSA) is 78.8 Å². The van der Waals surface area contributed by atoms with Gasteiger partial charge in [0.25, 0.3) is 0 Å². The average Bonchev–Trinajstić information content (AvgIpc) is 2.27. The SMILES string of the molecule is COc1cc(NCC(O)CC(=O)O)c(Br)cc1Br. The molecule has 1 aromatic rings. The first kappa shape index (κ1) is 15.3. The number of hydrogen-bond acceptors (Lipinski definition) is 4. The minimum absolute atomic E-state index is 0.148. The van der Waals surface area contributed by atoms with Crippen LogP contribution in [-0.2, 0) is 4.79 Å². The summed E-state index contributed by atoms with van der Waals surface area (Å²) in [5.74, 6) is -0.384. The predicted molar refractivity (Wildman–Crippen MR) is 75.1 cm³/mol. The minimum Gasteiger partial charge on any atom is -0.495 e. The lowest BCUT2D eigenvalue weighted by atomic mass is 10.2. The summed E-state index contributed by atoms with van der Waals surface area (Å²) in [5.41, 5.74) is 0.722. The fourth-order valence-electron chi connectivity index (χ4n) is 1.32. The number of nitrogens with one attached hydrogen (secondary N) is 1. The number of aliphatic hydroxyl groups excluding tert-OH is 1. The molecule has 0 aliphatic carbocycles. The molecule has 0 bridgehead atoms. The van der Waals surface area contributed by atoms with E-state index in [1.54, 1.807) is 13.2 Å². The first-order valence-electron chi connectivity index (χ1n) is 5.10. The number of carbonyl (C=O) groups is 1. The second-order valence-corrected chi connectivity index (χ2v) is 5.31. The van der Waals surface area contributed by atoms with Gasteiger partial charge in [-0.15, -0.1) is 0 Å². The third-order valence-corrected chi connectivity index (χ3v) is 3.46. The average molecular weight is 383 g/mol. The quantitative estimate of drug-likeness (QED) is 0.704. The Bertz CT molecular complexity index is 439. The molecule has 0 spiro atoms. The maximum absolute atomic E-state index is 10.4. The van der Waals surface area contributed by atoms with Crippen LogP contribution in [0.2, 0.25) is 0 Å². The molecule has 0 saturated carbocycles. The van der Waals surface area contributed by atoms with Crippen LogP contribution in [0.4, 0.5) is 5.69 Å². The highest BCUT2D eigenvalue weighted by Gasteiger charge is 2.11. The zero-order chi connectivity index (χ0) is 13.7. The Morgan fingerprint density at radius 2 is 2.11 bits per heavy atom. The monoisotopic (exact) mass is 381 g/mol. The number of ether oxygens (including phenoxy) is 1. The van der Waals surface area contributed by atoms with E-state index in [2.05, 4.69) is 37.2 Å². The number of carboxylic acid groups (broad SMARTS) is 1. The maximum Gasteiger partial charge on any atom is 0.306 e. The Balaban J connectivity index is 2.70. The molecule has 0 aliphatic heterocycles. The van der Waals surface area contributed by atoms with E-state index in [0.717, 1.165) is 14.6 Å². The summed E-state index contributed by atoms with van der Waals surface area (Å²) >= 11 is 6.71. The third kappa shape index (κ3) is 4.47. The Hall–Kier alpha value is -0.790. The second-order valence-electron chi connectivity index (χ2n) is 3.60. The van der Waals surface area contributed by atoms with Crippen molar-refractivity contribution in [1.29, 1.82) is 0 Å². The fourth-order valence-corrected chi connectivity index (χ4v) is 2.62. The largest absolute Gasteiger partial charge is 0.495 e. The molecule has 0 radical (unpaired) electrons. The van der Waals surface area contributed by atoms with Gasteiger partial charge in [0.15, 0.2) is 0 Å². The van der Waals surface area contributed by atoms with Crippen LogP contribution in [0.1, 0.15) is 6.42 Å². The maximum atomic E-state index is 10.4. The van der Waals surface area contributed by atoms with Gasteiger partial charge in [-0.3, -0.25) is 4.79 Å². The van der Waals surface area contributed by atoms with Crippen molar-refractivity contribution in [3.05, 3.63) is 21.1 Å². The molecule has 18 heavy (non-hydrogen) atoms. The smallest absolute Gasteiger partial charge is 0.306 e. The molecule has 0 aliphatic rings. The van der Waals surface area contributed by atoms with Crippen molar-refractivity contribution in [3.8, 4) is 5.75 Å². The van der Waals surface area contributed by atoms with Crippen molar-refractivity contribution in [1.82, 2.24) is 0 Å². The van der Waals surface area contributed by atoms with Crippen molar-refractivity contribution in [2.45, 2.75) is 12.5 Å². The lowest BCUT2D eigenvalue weighted by Crippen LogP contribution is -2.22. The zero-order valence-corrected chi connectivity index (χ0v) is 12.8. The molecule has 1 unspecified atom stereocenters.